The predicted molar refractivity (Wildman–Crippen MR) is 209 cm³/mol. The Morgan fingerprint density at radius 3 is 1.92 bits per heavy atom. The predicted octanol–water partition coefficient (Wildman–Crippen LogP) is 12.7. The highest BCUT2D eigenvalue weighted by atomic mass is 32.1. The van der Waals surface area contributed by atoms with Gasteiger partial charge in [0.25, 0.3) is 0 Å². The molecular weight excluding hydrogens is 647 g/mol. The summed E-state index contributed by atoms with van der Waals surface area (Å²) in [6.07, 6.45) is 0. The lowest BCUT2D eigenvalue weighted by Crippen LogP contribution is -2.00. The Bertz CT molecular complexity index is 3160. The van der Waals surface area contributed by atoms with Crippen molar-refractivity contribution in [3.05, 3.63) is 152 Å². The number of fused-ring (bicyclic) bond motifs is 9. The summed E-state index contributed by atoms with van der Waals surface area (Å²) >= 11 is 1.77. The van der Waals surface area contributed by atoms with E-state index in [1.54, 1.807) is 11.3 Å². The number of aromatic nitrogens is 3. The first-order valence-electron chi connectivity index (χ1n) is 16.8. The van der Waals surface area contributed by atoms with Crippen molar-refractivity contribution >= 4 is 75.4 Å². The van der Waals surface area contributed by atoms with E-state index in [1.165, 1.54) is 15.5 Å². The number of hydrogen-bond acceptors (Lipinski definition) is 6. The normalized spacial score (nSPS) is 11.9. The summed E-state index contributed by atoms with van der Waals surface area (Å²) in [6, 6.07) is 52.1. The zero-order valence-corrected chi connectivity index (χ0v) is 27.8. The summed E-state index contributed by atoms with van der Waals surface area (Å²) in [7, 11) is 0. The maximum absolute atomic E-state index is 6.45. The van der Waals surface area contributed by atoms with Gasteiger partial charge in [0.1, 0.15) is 22.3 Å². The second kappa shape index (κ2) is 10.9. The molecule has 5 nitrogen and oxygen atoms in total. The van der Waals surface area contributed by atoms with Gasteiger partial charge in [-0.25, -0.2) is 15.0 Å². The minimum Gasteiger partial charge on any atom is -0.456 e. The van der Waals surface area contributed by atoms with E-state index in [-0.39, 0.29) is 0 Å². The Morgan fingerprint density at radius 2 is 1.00 bits per heavy atom. The Hall–Kier alpha value is -6.63. The molecule has 0 saturated carbocycles. The molecule has 0 atom stereocenters. The summed E-state index contributed by atoms with van der Waals surface area (Å²) in [5, 5.41) is 6.63. The standard InChI is InChI=1S/C45H25N3O2S/c1-2-10-26(11-3-1)43-46-44(48-45(47-43)34-16-8-14-32-31-13-5-7-19-40(31)51-42(32)34)33-15-9-18-38-41(33)35-24-27(21-23-37(35)49-38)28-20-22-30-29-12-4-6-17-36(29)50-39(30)25-28/h1-25H. The van der Waals surface area contributed by atoms with Crippen molar-refractivity contribution in [3.8, 4) is 45.3 Å². The Labute approximate surface area is 295 Å². The molecule has 0 aliphatic carbocycles. The minimum atomic E-state index is 0.597. The van der Waals surface area contributed by atoms with Crippen LogP contribution in [-0.2, 0) is 0 Å². The van der Waals surface area contributed by atoms with Crippen LogP contribution in [0.15, 0.2) is 160 Å². The van der Waals surface area contributed by atoms with Crippen molar-refractivity contribution in [2.24, 2.45) is 0 Å². The Morgan fingerprint density at radius 1 is 0.373 bits per heavy atom. The molecule has 11 rings (SSSR count). The van der Waals surface area contributed by atoms with Gasteiger partial charge in [0.15, 0.2) is 17.5 Å². The lowest BCUT2D eigenvalue weighted by atomic mass is 9.99. The van der Waals surface area contributed by atoms with Crippen LogP contribution in [0.1, 0.15) is 0 Å². The number of nitrogens with zero attached hydrogens (tertiary/aromatic N) is 3. The van der Waals surface area contributed by atoms with Crippen LogP contribution in [-0.4, -0.2) is 15.0 Å². The van der Waals surface area contributed by atoms with Gasteiger partial charge in [-0.3, -0.25) is 0 Å². The molecule has 51 heavy (non-hydrogen) atoms. The van der Waals surface area contributed by atoms with E-state index in [9.17, 15) is 0 Å². The van der Waals surface area contributed by atoms with Crippen LogP contribution in [0.25, 0.3) is 109 Å². The summed E-state index contributed by atoms with van der Waals surface area (Å²) in [5.74, 6) is 1.86. The first-order chi connectivity index (χ1) is 25.2. The van der Waals surface area contributed by atoms with Crippen LogP contribution >= 0.6 is 11.3 Å². The molecule has 4 heterocycles. The lowest BCUT2D eigenvalue weighted by molar-refractivity contribution is 0.669. The van der Waals surface area contributed by atoms with Crippen molar-refractivity contribution in [1.82, 2.24) is 15.0 Å². The van der Waals surface area contributed by atoms with Crippen LogP contribution in [0.2, 0.25) is 0 Å². The average Bonchev–Trinajstić information content (AvgIpc) is 3.88. The topological polar surface area (TPSA) is 65.0 Å². The number of hydrogen-bond donors (Lipinski definition) is 0. The van der Waals surface area contributed by atoms with E-state index >= 15 is 0 Å². The van der Waals surface area contributed by atoms with Gasteiger partial charge >= 0.3 is 0 Å². The number of rotatable bonds is 4. The molecule has 0 fully saturated rings. The highest BCUT2D eigenvalue weighted by Gasteiger charge is 2.20. The van der Waals surface area contributed by atoms with Gasteiger partial charge in [-0.2, -0.15) is 0 Å². The molecule has 0 aliphatic rings. The highest BCUT2D eigenvalue weighted by molar-refractivity contribution is 7.26. The van der Waals surface area contributed by atoms with Crippen molar-refractivity contribution in [2.45, 2.75) is 0 Å². The summed E-state index contributed by atoms with van der Waals surface area (Å²) < 4.78 is 15.1. The molecule has 4 aromatic heterocycles. The second-order valence-corrected chi connectivity index (χ2v) is 13.8. The quantitative estimate of drug-likeness (QED) is 0.186. The van der Waals surface area contributed by atoms with E-state index < -0.39 is 0 Å². The Balaban J connectivity index is 1.13. The molecule has 7 aromatic carbocycles. The Kier molecular flexibility index (Phi) is 6.05. The molecule has 11 aromatic rings. The van der Waals surface area contributed by atoms with E-state index in [1.807, 2.05) is 66.7 Å². The maximum atomic E-state index is 6.45. The molecule has 0 saturated heterocycles. The maximum Gasteiger partial charge on any atom is 0.165 e. The zero-order chi connectivity index (χ0) is 33.5. The molecule has 0 N–H and O–H groups in total. The summed E-state index contributed by atoms with van der Waals surface area (Å²) in [4.78, 5) is 15.4. The van der Waals surface area contributed by atoms with Crippen molar-refractivity contribution in [2.75, 3.05) is 0 Å². The van der Waals surface area contributed by atoms with E-state index in [0.717, 1.165) is 76.4 Å². The van der Waals surface area contributed by atoms with E-state index in [2.05, 4.69) is 84.9 Å². The fraction of sp³-hybridized carbons (Fsp3) is 0. The van der Waals surface area contributed by atoms with Gasteiger partial charge in [-0.1, -0.05) is 103 Å². The lowest BCUT2D eigenvalue weighted by Gasteiger charge is -2.10. The fourth-order valence-electron chi connectivity index (χ4n) is 7.35. The summed E-state index contributed by atoms with van der Waals surface area (Å²) in [5.41, 5.74) is 8.29. The molecule has 238 valence electrons. The van der Waals surface area contributed by atoms with Crippen molar-refractivity contribution in [3.63, 3.8) is 0 Å². The third-order valence-corrected chi connectivity index (χ3v) is 11.0. The van der Waals surface area contributed by atoms with Crippen LogP contribution in [0.4, 0.5) is 0 Å². The van der Waals surface area contributed by atoms with Gasteiger partial charge in [0.2, 0.25) is 0 Å². The van der Waals surface area contributed by atoms with E-state index in [0.29, 0.717) is 17.5 Å². The SMILES string of the molecule is c1ccc(-c2nc(-c3cccc4c3sc3ccccc34)nc(-c3cccc4oc5ccc(-c6ccc7c(c6)oc6ccccc67)cc5c34)n2)cc1. The van der Waals surface area contributed by atoms with E-state index in [4.69, 9.17) is 23.8 Å². The number of benzene rings is 7. The summed E-state index contributed by atoms with van der Waals surface area (Å²) in [6.45, 7) is 0. The van der Waals surface area contributed by atoms with Crippen molar-refractivity contribution < 1.29 is 8.83 Å². The average molecular weight is 672 g/mol. The first kappa shape index (κ1) is 28.2. The number of thiophene rings is 1. The van der Waals surface area contributed by atoms with Crippen LogP contribution < -0.4 is 0 Å². The number of furan rings is 2. The third kappa shape index (κ3) is 4.43. The minimum absolute atomic E-state index is 0.597. The van der Waals surface area contributed by atoms with Gasteiger partial charge in [0.05, 0.1) is 0 Å². The largest absolute Gasteiger partial charge is 0.456 e. The van der Waals surface area contributed by atoms with Crippen LogP contribution in [0.3, 0.4) is 0 Å². The molecule has 0 unspecified atom stereocenters. The van der Waals surface area contributed by atoms with Gasteiger partial charge in [-0.05, 0) is 59.7 Å². The highest BCUT2D eigenvalue weighted by Crippen LogP contribution is 2.42. The van der Waals surface area contributed by atoms with Crippen LogP contribution in [0.5, 0.6) is 0 Å². The van der Waals surface area contributed by atoms with Gasteiger partial charge in [0, 0.05) is 58.4 Å². The smallest absolute Gasteiger partial charge is 0.165 e. The third-order valence-electron chi connectivity index (χ3n) is 9.76. The molecule has 6 heteroatoms. The van der Waals surface area contributed by atoms with Crippen LogP contribution in [0, 0.1) is 0 Å². The van der Waals surface area contributed by atoms with Gasteiger partial charge < -0.3 is 8.83 Å². The molecule has 0 bridgehead atoms. The zero-order valence-electron chi connectivity index (χ0n) is 27.0. The second-order valence-electron chi connectivity index (χ2n) is 12.8. The van der Waals surface area contributed by atoms with Crippen molar-refractivity contribution in [1.29, 1.82) is 0 Å². The molecule has 0 spiro atoms. The molecule has 0 amide bonds. The fourth-order valence-corrected chi connectivity index (χ4v) is 8.57. The first-order valence-corrected chi connectivity index (χ1v) is 17.7. The monoisotopic (exact) mass is 671 g/mol. The molecule has 0 aliphatic heterocycles. The number of para-hydroxylation sites is 1. The molecule has 0 radical (unpaired) electrons. The van der Waals surface area contributed by atoms with Gasteiger partial charge in [-0.15, -0.1) is 11.3 Å². The molecular formula is C45H25N3O2S.